The number of nitrogens with zero attached hydrogens (tertiary/aromatic N) is 2. The molecule has 0 aromatic heterocycles. The van der Waals surface area contributed by atoms with E-state index in [1.165, 1.54) is 25.7 Å². The number of hydrogen-bond donors (Lipinski definition) is 3. The molecule has 0 radical (unpaired) electrons. The second-order valence-corrected chi connectivity index (χ2v) is 9.94. The first-order valence-corrected chi connectivity index (χ1v) is 12.1. The van der Waals surface area contributed by atoms with Gasteiger partial charge >= 0.3 is 0 Å². The Morgan fingerprint density at radius 3 is 2.87 bits per heavy atom. The molecule has 8 heteroatoms. The van der Waals surface area contributed by atoms with E-state index in [1.807, 2.05) is 0 Å². The molecule has 4 aliphatic heterocycles. The van der Waals surface area contributed by atoms with Gasteiger partial charge in [-0.05, 0) is 31.1 Å². The van der Waals surface area contributed by atoms with Crippen molar-refractivity contribution in [2.24, 2.45) is 17.8 Å². The van der Waals surface area contributed by atoms with Crippen molar-refractivity contribution in [1.29, 1.82) is 0 Å². The summed E-state index contributed by atoms with van der Waals surface area (Å²) in [6, 6.07) is 0.789. The van der Waals surface area contributed by atoms with E-state index in [-0.39, 0.29) is 36.0 Å². The van der Waals surface area contributed by atoms with Crippen LogP contribution in [0.1, 0.15) is 51.9 Å². The van der Waals surface area contributed by atoms with Crippen LogP contribution in [0.3, 0.4) is 0 Å². The van der Waals surface area contributed by atoms with Crippen LogP contribution in [0.5, 0.6) is 0 Å². The lowest BCUT2D eigenvalue weighted by Crippen LogP contribution is -2.58. The van der Waals surface area contributed by atoms with E-state index in [0.29, 0.717) is 25.2 Å². The molecular weight excluding hydrogens is 382 g/mol. The summed E-state index contributed by atoms with van der Waals surface area (Å²) >= 11 is 0. The van der Waals surface area contributed by atoms with Crippen LogP contribution < -0.4 is 16.1 Å². The van der Waals surface area contributed by atoms with Gasteiger partial charge in [-0.3, -0.25) is 9.59 Å². The Morgan fingerprint density at radius 2 is 2.07 bits per heavy atom. The fourth-order valence-electron chi connectivity index (χ4n) is 6.49. The molecule has 5 fully saturated rings. The van der Waals surface area contributed by atoms with E-state index in [2.05, 4.69) is 32.9 Å². The molecule has 7 unspecified atom stereocenters. The Bertz CT molecular complexity index is 655. The average Bonchev–Trinajstić information content (AvgIpc) is 3.50. The van der Waals surface area contributed by atoms with E-state index >= 15 is 0 Å². The largest absolute Gasteiger partial charge is 0.381 e. The highest BCUT2D eigenvalue weighted by atomic mass is 16.5. The summed E-state index contributed by atoms with van der Waals surface area (Å²) in [5.41, 5.74) is 3.44. The Hall–Kier alpha value is -1.22. The number of fused-ring (bicyclic) bond motifs is 2. The smallest absolute Gasteiger partial charge is 0.239 e. The number of carbonyl (C=O) groups is 2. The van der Waals surface area contributed by atoms with Gasteiger partial charge in [-0.1, -0.05) is 26.2 Å². The minimum Gasteiger partial charge on any atom is -0.381 e. The average molecular weight is 420 g/mol. The second kappa shape index (κ2) is 8.73. The summed E-state index contributed by atoms with van der Waals surface area (Å²) < 4.78 is 5.33. The van der Waals surface area contributed by atoms with Crippen LogP contribution in [-0.2, 0) is 14.3 Å². The normalized spacial score (nSPS) is 41.5. The number of rotatable bonds is 4. The molecule has 0 bridgehead atoms. The van der Waals surface area contributed by atoms with Crippen molar-refractivity contribution in [3.63, 3.8) is 0 Å². The van der Waals surface area contributed by atoms with Crippen molar-refractivity contribution in [3.8, 4) is 0 Å². The molecule has 0 aromatic carbocycles. The maximum Gasteiger partial charge on any atom is 0.239 e. The molecule has 0 spiro atoms. The highest BCUT2D eigenvalue weighted by molar-refractivity contribution is 5.82. The molecular formula is C22H37N5O3. The lowest BCUT2D eigenvalue weighted by molar-refractivity contribution is -0.136. The van der Waals surface area contributed by atoms with Crippen molar-refractivity contribution in [3.05, 3.63) is 0 Å². The standard InChI is InChI=1S/C22H37N5O3/c1-2-14-4-3-5-18-17(14)11-19(23-18)22(29)26-7-8-27-16(12-26)10-20(25-27)24-21(28)15-6-9-30-13-15/h14-20,23,25H,2-13H2,1H3,(H,24,28). The van der Waals surface area contributed by atoms with Crippen molar-refractivity contribution < 1.29 is 14.3 Å². The number of amides is 2. The van der Waals surface area contributed by atoms with Gasteiger partial charge in [0.1, 0.15) is 0 Å². The fourth-order valence-corrected chi connectivity index (χ4v) is 6.49. The maximum atomic E-state index is 13.3. The predicted molar refractivity (Wildman–Crippen MR) is 112 cm³/mol. The van der Waals surface area contributed by atoms with Gasteiger partial charge in [0, 0.05) is 44.7 Å². The third-order valence-corrected chi connectivity index (χ3v) is 8.20. The van der Waals surface area contributed by atoms with E-state index in [4.69, 9.17) is 4.74 Å². The minimum atomic E-state index is -0.0454. The SMILES string of the molecule is CCC1CCCC2NC(C(=O)N3CCN4NC(NC(=O)C5CCOC5)CC4C3)CC12. The molecule has 4 heterocycles. The molecule has 1 saturated carbocycles. The van der Waals surface area contributed by atoms with Gasteiger partial charge in [-0.15, -0.1) is 0 Å². The molecule has 7 atom stereocenters. The van der Waals surface area contributed by atoms with Gasteiger partial charge in [0.15, 0.2) is 0 Å². The second-order valence-electron chi connectivity index (χ2n) is 9.94. The molecule has 3 N–H and O–H groups in total. The number of piperazine rings is 1. The zero-order chi connectivity index (χ0) is 20.7. The van der Waals surface area contributed by atoms with Crippen LogP contribution in [-0.4, -0.2) is 78.9 Å². The van der Waals surface area contributed by atoms with Gasteiger partial charge in [-0.25, -0.2) is 10.4 Å². The summed E-state index contributed by atoms with van der Waals surface area (Å²) in [5.74, 6) is 1.80. The number of carbonyl (C=O) groups excluding carboxylic acids is 2. The minimum absolute atomic E-state index is 0.00840. The molecule has 8 nitrogen and oxygen atoms in total. The number of hydrazine groups is 1. The monoisotopic (exact) mass is 419 g/mol. The molecule has 4 saturated heterocycles. The number of ether oxygens (including phenoxy) is 1. The molecule has 1 aliphatic carbocycles. The van der Waals surface area contributed by atoms with Crippen LogP contribution in [0.25, 0.3) is 0 Å². The highest BCUT2D eigenvalue weighted by Gasteiger charge is 2.45. The van der Waals surface area contributed by atoms with E-state index in [9.17, 15) is 9.59 Å². The molecule has 2 amide bonds. The third-order valence-electron chi connectivity index (χ3n) is 8.20. The van der Waals surface area contributed by atoms with Gasteiger partial charge in [0.25, 0.3) is 0 Å². The van der Waals surface area contributed by atoms with Crippen molar-refractivity contribution in [2.75, 3.05) is 32.8 Å². The van der Waals surface area contributed by atoms with E-state index in [1.54, 1.807) is 0 Å². The fraction of sp³-hybridized carbons (Fsp3) is 0.909. The quantitative estimate of drug-likeness (QED) is 0.613. The summed E-state index contributed by atoms with van der Waals surface area (Å²) in [6.07, 6.45) is 7.68. The lowest BCUT2D eigenvalue weighted by Gasteiger charge is -2.38. The molecule has 5 aliphatic rings. The Labute approximate surface area is 179 Å². The number of hydrogen-bond acceptors (Lipinski definition) is 6. The van der Waals surface area contributed by atoms with Crippen molar-refractivity contribution >= 4 is 11.8 Å². The zero-order valence-corrected chi connectivity index (χ0v) is 18.1. The summed E-state index contributed by atoms with van der Waals surface area (Å²) in [4.78, 5) is 27.8. The van der Waals surface area contributed by atoms with Crippen molar-refractivity contribution in [1.82, 2.24) is 26.0 Å². The van der Waals surface area contributed by atoms with Gasteiger partial charge in [0.05, 0.1) is 24.7 Å². The highest BCUT2D eigenvalue weighted by Crippen LogP contribution is 2.39. The van der Waals surface area contributed by atoms with Crippen molar-refractivity contribution in [2.45, 2.75) is 76.2 Å². The van der Waals surface area contributed by atoms with Crippen LogP contribution in [0.2, 0.25) is 0 Å². The van der Waals surface area contributed by atoms with Crippen LogP contribution in [0.4, 0.5) is 0 Å². The Kier molecular flexibility index (Phi) is 6.01. The topological polar surface area (TPSA) is 85.9 Å². The van der Waals surface area contributed by atoms with Crippen LogP contribution in [0.15, 0.2) is 0 Å². The first-order chi connectivity index (χ1) is 14.6. The molecule has 30 heavy (non-hydrogen) atoms. The van der Waals surface area contributed by atoms with Gasteiger partial charge in [-0.2, -0.15) is 0 Å². The third kappa shape index (κ3) is 3.99. The summed E-state index contributed by atoms with van der Waals surface area (Å²) in [5, 5.41) is 9.04. The molecule has 0 aromatic rings. The Balaban J connectivity index is 1.14. The van der Waals surface area contributed by atoms with Gasteiger partial charge in [0.2, 0.25) is 11.8 Å². The zero-order valence-electron chi connectivity index (χ0n) is 18.1. The lowest BCUT2D eigenvalue weighted by atomic mass is 9.75. The first-order valence-electron chi connectivity index (χ1n) is 12.1. The van der Waals surface area contributed by atoms with E-state index < -0.39 is 0 Å². The predicted octanol–water partition coefficient (Wildman–Crippen LogP) is 0.443. The number of nitrogens with one attached hydrogen (secondary N) is 3. The van der Waals surface area contributed by atoms with Crippen LogP contribution in [0, 0.1) is 17.8 Å². The van der Waals surface area contributed by atoms with Gasteiger partial charge < -0.3 is 20.3 Å². The van der Waals surface area contributed by atoms with E-state index in [0.717, 1.165) is 44.8 Å². The summed E-state index contributed by atoms with van der Waals surface area (Å²) in [6.45, 7) is 5.82. The maximum absolute atomic E-state index is 13.3. The first kappa shape index (κ1) is 20.7. The molecule has 5 rings (SSSR count). The summed E-state index contributed by atoms with van der Waals surface area (Å²) in [7, 11) is 0. The van der Waals surface area contributed by atoms with Crippen LogP contribution >= 0.6 is 0 Å². The molecule has 168 valence electrons. The Morgan fingerprint density at radius 1 is 1.17 bits per heavy atom.